The van der Waals surface area contributed by atoms with Crippen LogP contribution in [-0.2, 0) is 28.6 Å². The number of esters is 3. The van der Waals surface area contributed by atoms with Crippen molar-refractivity contribution in [2.75, 3.05) is 13.2 Å². The summed E-state index contributed by atoms with van der Waals surface area (Å²) in [6.45, 7) is 6.62. The predicted molar refractivity (Wildman–Crippen MR) is 279 cm³/mol. The number of ether oxygens (including phenoxy) is 3. The highest BCUT2D eigenvalue weighted by atomic mass is 16.6. The molecule has 0 spiro atoms. The number of hydrogen-bond acceptors (Lipinski definition) is 6. The van der Waals surface area contributed by atoms with Crippen molar-refractivity contribution in [3.8, 4) is 0 Å². The van der Waals surface area contributed by atoms with Gasteiger partial charge in [-0.2, -0.15) is 0 Å². The minimum atomic E-state index is -0.777. The molecular formula is C59H108O6. The van der Waals surface area contributed by atoms with Gasteiger partial charge in [-0.25, -0.2) is 0 Å². The lowest BCUT2D eigenvalue weighted by Gasteiger charge is -2.18. The van der Waals surface area contributed by atoms with Gasteiger partial charge in [-0.05, 0) is 96.3 Å². The molecule has 0 aliphatic carbocycles. The second kappa shape index (κ2) is 54.2. The van der Waals surface area contributed by atoms with Gasteiger partial charge in [-0.3, -0.25) is 14.4 Å². The fraction of sp³-hybridized carbons (Fsp3) is 0.847. The number of hydrogen-bond donors (Lipinski definition) is 0. The summed E-state index contributed by atoms with van der Waals surface area (Å²) in [5.74, 6) is -0.882. The predicted octanol–water partition coefficient (Wildman–Crippen LogP) is 18.9. The van der Waals surface area contributed by atoms with Crippen molar-refractivity contribution in [2.24, 2.45) is 0 Å². The zero-order valence-electron chi connectivity index (χ0n) is 43.5. The summed E-state index contributed by atoms with van der Waals surface area (Å²) in [7, 11) is 0. The van der Waals surface area contributed by atoms with Crippen molar-refractivity contribution < 1.29 is 28.6 Å². The Hall–Kier alpha value is -2.37. The van der Waals surface area contributed by atoms with Crippen LogP contribution in [-0.4, -0.2) is 37.2 Å². The Morgan fingerprint density at radius 2 is 0.508 bits per heavy atom. The second-order valence-electron chi connectivity index (χ2n) is 19.2. The number of rotatable bonds is 52. The molecule has 6 heteroatoms. The molecular weight excluding hydrogens is 805 g/mol. The van der Waals surface area contributed by atoms with Gasteiger partial charge in [0.25, 0.3) is 0 Å². The van der Waals surface area contributed by atoms with Crippen molar-refractivity contribution in [2.45, 2.75) is 309 Å². The molecule has 0 heterocycles. The summed E-state index contributed by atoms with van der Waals surface area (Å²) >= 11 is 0. The van der Waals surface area contributed by atoms with E-state index in [0.29, 0.717) is 19.3 Å². The number of unbranched alkanes of at least 4 members (excludes halogenated alkanes) is 35. The van der Waals surface area contributed by atoms with Crippen LogP contribution in [0.25, 0.3) is 0 Å². The first kappa shape index (κ1) is 62.6. The van der Waals surface area contributed by atoms with Gasteiger partial charge in [0, 0.05) is 19.3 Å². The van der Waals surface area contributed by atoms with Gasteiger partial charge < -0.3 is 14.2 Å². The topological polar surface area (TPSA) is 78.9 Å². The van der Waals surface area contributed by atoms with Gasteiger partial charge >= 0.3 is 17.9 Å². The minimum Gasteiger partial charge on any atom is -0.462 e. The lowest BCUT2D eigenvalue weighted by molar-refractivity contribution is -0.167. The normalized spacial score (nSPS) is 12.2. The molecule has 0 aromatic carbocycles. The Morgan fingerprint density at radius 3 is 0.785 bits per heavy atom. The average Bonchev–Trinajstić information content (AvgIpc) is 3.30. The summed E-state index contributed by atoms with van der Waals surface area (Å²) in [5.41, 5.74) is 0. The lowest BCUT2D eigenvalue weighted by atomic mass is 10.0. The van der Waals surface area contributed by atoms with E-state index in [4.69, 9.17) is 14.2 Å². The lowest BCUT2D eigenvalue weighted by Crippen LogP contribution is -2.30. The molecule has 0 amide bonds. The zero-order chi connectivity index (χ0) is 47.2. The second-order valence-corrected chi connectivity index (χ2v) is 19.2. The molecule has 0 aromatic rings. The van der Waals surface area contributed by atoms with E-state index in [1.54, 1.807) is 0 Å². The Morgan fingerprint density at radius 1 is 0.292 bits per heavy atom. The van der Waals surface area contributed by atoms with Crippen molar-refractivity contribution in [1.82, 2.24) is 0 Å². The minimum absolute atomic E-state index is 0.0763. The Balaban J connectivity index is 4.29. The van der Waals surface area contributed by atoms with E-state index < -0.39 is 6.10 Å². The van der Waals surface area contributed by atoms with E-state index in [9.17, 15) is 14.4 Å². The number of allylic oxidation sites excluding steroid dienone is 6. The molecule has 0 rings (SSSR count). The highest BCUT2D eigenvalue weighted by Crippen LogP contribution is 2.16. The zero-order valence-corrected chi connectivity index (χ0v) is 43.5. The fourth-order valence-electron chi connectivity index (χ4n) is 8.25. The maximum Gasteiger partial charge on any atom is 0.306 e. The van der Waals surface area contributed by atoms with E-state index >= 15 is 0 Å². The number of carbonyl (C=O) groups excluding carboxylic acids is 3. The molecule has 0 fully saturated rings. The smallest absolute Gasteiger partial charge is 0.306 e. The van der Waals surface area contributed by atoms with Gasteiger partial charge in [0.2, 0.25) is 0 Å². The van der Waals surface area contributed by atoms with Crippen LogP contribution in [0.4, 0.5) is 0 Å². The van der Waals surface area contributed by atoms with Crippen molar-refractivity contribution in [3.05, 3.63) is 36.5 Å². The highest BCUT2D eigenvalue weighted by molar-refractivity contribution is 5.71. The van der Waals surface area contributed by atoms with Crippen LogP contribution in [0.3, 0.4) is 0 Å². The van der Waals surface area contributed by atoms with Gasteiger partial charge in [0.05, 0.1) is 0 Å². The third-order valence-corrected chi connectivity index (χ3v) is 12.6. The monoisotopic (exact) mass is 913 g/mol. The summed E-state index contributed by atoms with van der Waals surface area (Å²) in [5, 5.41) is 0. The van der Waals surface area contributed by atoms with E-state index in [-0.39, 0.29) is 31.1 Å². The molecule has 0 N–H and O–H groups in total. The van der Waals surface area contributed by atoms with Crippen LogP contribution in [0.1, 0.15) is 303 Å². The molecule has 0 aromatic heterocycles. The third kappa shape index (κ3) is 52.5. The number of carbonyl (C=O) groups is 3. The molecule has 6 nitrogen and oxygen atoms in total. The SMILES string of the molecule is CCCCCC/C=C\CCCCCCCC(=O)OC[C@@H](COC(=O)CCCCCCCCCCCCC/C=C\CCCCCCCC)OC(=O)CCCCCCC/C=C\CCCCCC. The molecule has 0 aliphatic heterocycles. The van der Waals surface area contributed by atoms with Crippen molar-refractivity contribution in [3.63, 3.8) is 0 Å². The molecule has 0 bridgehead atoms. The Labute approximate surface area is 404 Å². The molecule has 65 heavy (non-hydrogen) atoms. The molecule has 0 radical (unpaired) electrons. The highest BCUT2D eigenvalue weighted by Gasteiger charge is 2.19. The largest absolute Gasteiger partial charge is 0.462 e. The average molecular weight is 914 g/mol. The summed E-state index contributed by atoms with van der Waals surface area (Å²) < 4.78 is 16.8. The molecule has 0 saturated heterocycles. The van der Waals surface area contributed by atoms with Gasteiger partial charge in [0.15, 0.2) is 6.10 Å². The molecule has 1 atom stereocenters. The van der Waals surface area contributed by atoms with Crippen molar-refractivity contribution in [1.29, 1.82) is 0 Å². The van der Waals surface area contributed by atoms with E-state index in [0.717, 1.165) is 70.6 Å². The van der Waals surface area contributed by atoms with Crippen LogP contribution >= 0.6 is 0 Å². The van der Waals surface area contributed by atoms with Gasteiger partial charge in [0.1, 0.15) is 13.2 Å². The van der Waals surface area contributed by atoms with Crippen LogP contribution in [0.15, 0.2) is 36.5 Å². The standard InChI is InChI=1S/C59H108O6/c1-4-7-10-13-16-19-22-25-26-27-28-29-30-31-32-35-37-40-43-46-49-52-58(61)64-55-56(65-59(62)53-50-47-44-41-38-34-24-21-18-15-12-9-6-3)54-63-57(60)51-48-45-42-39-36-33-23-20-17-14-11-8-5-2/h20-21,23-26,56H,4-19,22,27-55H2,1-3H3/b23-20-,24-21-,26-25-/t56-/m0/s1. The first-order valence-electron chi connectivity index (χ1n) is 28.5. The van der Waals surface area contributed by atoms with Crippen molar-refractivity contribution >= 4 is 17.9 Å². The maximum atomic E-state index is 12.8. The quantitative estimate of drug-likeness (QED) is 0.0262. The van der Waals surface area contributed by atoms with Crippen LogP contribution in [0.2, 0.25) is 0 Å². The van der Waals surface area contributed by atoms with Gasteiger partial charge in [-0.1, -0.05) is 224 Å². The van der Waals surface area contributed by atoms with Gasteiger partial charge in [-0.15, -0.1) is 0 Å². The molecule has 380 valence electrons. The fourth-order valence-corrected chi connectivity index (χ4v) is 8.25. The summed E-state index contributed by atoms with van der Waals surface area (Å²) in [4.78, 5) is 38.1. The summed E-state index contributed by atoms with van der Waals surface area (Å²) in [6, 6.07) is 0. The summed E-state index contributed by atoms with van der Waals surface area (Å²) in [6.07, 6.45) is 64.2. The van der Waals surface area contributed by atoms with E-state index in [1.807, 2.05) is 0 Å². The molecule has 0 saturated carbocycles. The molecule has 0 unspecified atom stereocenters. The van der Waals surface area contributed by atoms with Crippen LogP contribution in [0, 0.1) is 0 Å². The Kier molecular flexibility index (Phi) is 52.3. The van der Waals surface area contributed by atoms with Crippen LogP contribution < -0.4 is 0 Å². The maximum absolute atomic E-state index is 12.8. The third-order valence-electron chi connectivity index (χ3n) is 12.6. The van der Waals surface area contributed by atoms with Crippen LogP contribution in [0.5, 0.6) is 0 Å². The first-order chi connectivity index (χ1) is 32.0. The van der Waals surface area contributed by atoms with E-state index in [1.165, 1.54) is 193 Å². The molecule has 0 aliphatic rings. The first-order valence-corrected chi connectivity index (χ1v) is 28.5. The van der Waals surface area contributed by atoms with E-state index in [2.05, 4.69) is 57.2 Å². The Bertz CT molecular complexity index is 1090.